The molecule has 0 spiro atoms. The Kier molecular flexibility index (Phi) is 3.86. The number of nitrogens with zero attached hydrogens (tertiary/aromatic N) is 2. The Bertz CT molecular complexity index is 382. The zero-order valence-electron chi connectivity index (χ0n) is 8.50. The van der Waals surface area contributed by atoms with Crippen LogP contribution in [0.25, 0.3) is 0 Å². The van der Waals surface area contributed by atoms with Crippen LogP contribution in [0.2, 0.25) is 0 Å². The molecule has 0 N–H and O–H groups in total. The van der Waals surface area contributed by atoms with E-state index >= 15 is 0 Å². The average Bonchev–Trinajstić information content (AvgIpc) is 1.96. The van der Waals surface area contributed by atoms with Crippen LogP contribution in [0.4, 0.5) is 5.69 Å². The van der Waals surface area contributed by atoms with E-state index in [1.807, 2.05) is 13.0 Å². The number of hydrogen-bond acceptors (Lipinski definition) is 2. The van der Waals surface area contributed by atoms with E-state index in [4.69, 9.17) is 0 Å². The Labute approximate surface area is 107 Å². The first-order chi connectivity index (χ1) is 6.18. The van der Waals surface area contributed by atoms with Gasteiger partial charge >= 0.3 is 0 Å². The molecule has 3 nitrogen and oxygen atoms in total. The van der Waals surface area contributed by atoms with Crippen molar-refractivity contribution in [1.29, 1.82) is 0 Å². The van der Waals surface area contributed by atoms with Crippen LogP contribution in [0.3, 0.4) is 0 Å². The third kappa shape index (κ3) is 2.07. The van der Waals surface area contributed by atoms with Gasteiger partial charge in [-0.25, -0.2) is 0 Å². The molecular formula is C10H13N2OU-. The molecule has 0 bridgehead atoms. The number of aryl methyl sites for hydroxylation is 1. The summed E-state index contributed by atoms with van der Waals surface area (Å²) in [6.45, 7) is 4.06. The minimum absolute atomic E-state index is 0. The minimum Gasteiger partial charge on any atom is -0.405 e. The molecule has 0 amide bonds. The van der Waals surface area contributed by atoms with Crippen LogP contribution in [0.15, 0.2) is 10.9 Å². The van der Waals surface area contributed by atoms with Crippen LogP contribution < -0.4 is 10.5 Å². The third-order valence-corrected chi connectivity index (χ3v) is 2.61. The van der Waals surface area contributed by atoms with Crippen LogP contribution >= 0.6 is 0 Å². The summed E-state index contributed by atoms with van der Waals surface area (Å²) < 4.78 is 1.61. The zero-order valence-corrected chi connectivity index (χ0v) is 12.7. The Balaban J connectivity index is 0.000000980. The summed E-state index contributed by atoms with van der Waals surface area (Å²) in [6, 6.07) is 4.87. The minimum atomic E-state index is -0.0399. The molecule has 74 valence electrons. The fraction of sp³-hybridized carbons (Fsp3) is 0.500. The van der Waals surface area contributed by atoms with Gasteiger partial charge in [0.25, 0.3) is 0 Å². The molecule has 1 aliphatic heterocycles. The Morgan fingerprint density at radius 1 is 1.43 bits per heavy atom. The number of aromatic nitrogens is 1. The molecule has 0 atom stereocenters. The first kappa shape index (κ1) is 11.9. The summed E-state index contributed by atoms with van der Waals surface area (Å²) in [5.74, 6) is 0. The molecule has 2 rings (SSSR count). The van der Waals surface area contributed by atoms with E-state index < -0.39 is 0 Å². The summed E-state index contributed by atoms with van der Waals surface area (Å²) in [5.41, 5.74) is 1.90. The van der Waals surface area contributed by atoms with Gasteiger partial charge in [-0.05, 0) is 13.3 Å². The van der Waals surface area contributed by atoms with Gasteiger partial charge in [0.2, 0.25) is 0 Å². The van der Waals surface area contributed by atoms with Crippen LogP contribution in [0.1, 0.15) is 12.1 Å². The monoisotopic (exact) mass is 415 g/mol. The zero-order chi connectivity index (χ0) is 9.42. The van der Waals surface area contributed by atoms with Gasteiger partial charge in [-0.15, -0.1) is 5.69 Å². The van der Waals surface area contributed by atoms with E-state index in [1.165, 1.54) is 6.42 Å². The average molecular weight is 415 g/mol. The van der Waals surface area contributed by atoms with Gasteiger partial charge in [-0.2, -0.15) is 12.1 Å². The second kappa shape index (κ2) is 4.55. The molecule has 0 saturated carbocycles. The fourth-order valence-electron chi connectivity index (χ4n) is 1.41. The largest absolute Gasteiger partial charge is 0.405 e. The molecule has 14 heavy (non-hydrogen) atoms. The third-order valence-electron chi connectivity index (χ3n) is 2.61. The first-order valence-electron chi connectivity index (χ1n) is 4.53. The summed E-state index contributed by atoms with van der Waals surface area (Å²) in [4.78, 5) is 13.6. The van der Waals surface area contributed by atoms with Crippen LogP contribution in [-0.4, -0.2) is 17.7 Å². The van der Waals surface area contributed by atoms with Crippen LogP contribution in [-0.2, 0) is 7.05 Å². The van der Waals surface area contributed by atoms with Crippen LogP contribution in [0, 0.1) is 44.1 Å². The van der Waals surface area contributed by atoms with E-state index in [0.29, 0.717) is 0 Å². The maximum Gasteiger partial charge on any atom is 0.159 e. The molecule has 0 aliphatic carbocycles. The SMILES string of the molecule is Cc1cc(N2CCC2)[c-]c(=O)n1C.[U]. The number of rotatable bonds is 1. The molecule has 0 unspecified atom stereocenters. The van der Waals surface area contributed by atoms with E-state index in [9.17, 15) is 4.79 Å². The topological polar surface area (TPSA) is 25.2 Å². The molecule has 0 radical (unpaired) electrons. The smallest absolute Gasteiger partial charge is 0.159 e. The van der Waals surface area contributed by atoms with E-state index in [1.54, 1.807) is 11.6 Å². The van der Waals surface area contributed by atoms with Gasteiger partial charge in [0.1, 0.15) is 0 Å². The number of pyridine rings is 1. The molecular weight excluding hydrogens is 402 g/mol. The standard InChI is InChI=1S/C10H13N2O.U/c1-8-6-9(12-4-3-5-12)7-10(13)11(8)2;/h6H,3-5H2,1-2H3;/q-1;. The predicted molar refractivity (Wildman–Crippen MR) is 52.1 cm³/mol. The van der Waals surface area contributed by atoms with Crippen molar-refractivity contribution in [2.24, 2.45) is 7.05 Å². The second-order valence-electron chi connectivity index (χ2n) is 3.50. The number of hydrogen-bond donors (Lipinski definition) is 0. The summed E-state index contributed by atoms with van der Waals surface area (Å²) in [6.07, 6.45) is 1.22. The van der Waals surface area contributed by atoms with Crippen molar-refractivity contribution < 1.29 is 31.1 Å². The van der Waals surface area contributed by atoms with Gasteiger partial charge in [0, 0.05) is 51.3 Å². The van der Waals surface area contributed by atoms with E-state index in [-0.39, 0.29) is 36.7 Å². The maximum atomic E-state index is 11.4. The van der Waals surface area contributed by atoms with Crippen molar-refractivity contribution in [3.8, 4) is 0 Å². The van der Waals surface area contributed by atoms with Gasteiger partial charge in [-0.1, -0.05) is 5.69 Å². The van der Waals surface area contributed by atoms with E-state index in [0.717, 1.165) is 24.5 Å². The molecule has 1 fully saturated rings. The van der Waals surface area contributed by atoms with Gasteiger partial charge in [0.15, 0.2) is 5.56 Å². The van der Waals surface area contributed by atoms with Crippen molar-refractivity contribution in [3.63, 3.8) is 0 Å². The summed E-state index contributed by atoms with van der Waals surface area (Å²) in [5, 5.41) is 0. The molecule has 4 heteroatoms. The first-order valence-corrected chi connectivity index (χ1v) is 4.53. The van der Waals surface area contributed by atoms with Crippen molar-refractivity contribution in [2.75, 3.05) is 18.0 Å². The maximum absolute atomic E-state index is 11.4. The molecule has 0 aromatic carbocycles. The van der Waals surface area contributed by atoms with Gasteiger partial charge in [0.05, 0.1) is 0 Å². The molecule has 1 aromatic heterocycles. The van der Waals surface area contributed by atoms with Gasteiger partial charge < -0.3 is 9.47 Å². The fourth-order valence-corrected chi connectivity index (χ4v) is 1.41. The molecule has 1 saturated heterocycles. The Morgan fingerprint density at radius 2 is 2.07 bits per heavy atom. The summed E-state index contributed by atoms with van der Waals surface area (Å²) >= 11 is 0. The van der Waals surface area contributed by atoms with Crippen molar-refractivity contribution in [3.05, 3.63) is 28.2 Å². The molecule has 1 aromatic rings. The van der Waals surface area contributed by atoms with Crippen LogP contribution in [0.5, 0.6) is 0 Å². The number of anilines is 1. The Hall–Kier alpha value is -0.198. The van der Waals surface area contributed by atoms with Gasteiger partial charge in [-0.3, -0.25) is 4.79 Å². The normalized spacial score (nSPS) is 14.6. The van der Waals surface area contributed by atoms with E-state index in [2.05, 4.69) is 11.0 Å². The molecule has 2 heterocycles. The van der Waals surface area contributed by atoms with Crippen molar-refractivity contribution in [2.45, 2.75) is 13.3 Å². The Morgan fingerprint density at radius 3 is 2.50 bits per heavy atom. The van der Waals surface area contributed by atoms with Crippen molar-refractivity contribution >= 4 is 5.69 Å². The summed E-state index contributed by atoms with van der Waals surface area (Å²) in [7, 11) is 1.77. The second-order valence-corrected chi connectivity index (χ2v) is 3.50. The molecule has 1 aliphatic rings. The quantitative estimate of drug-likeness (QED) is 0.632. The van der Waals surface area contributed by atoms with Crippen molar-refractivity contribution in [1.82, 2.24) is 4.57 Å². The predicted octanol–water partition coefficient (Wildman–Crippen LogP) is 0.704.